The Labute approximate surface area is 105 Å². The molecule has 1 fully saturated rings. The number of carbonyl (C=O) groups is 1. The molecule has 94 valence electrons. The van der Waals surface area contributed by atoms with Crippen LogP contribution in [0.25, 0.3) is 0 Å². The van der Waals surface area contributed by atoms with Gasteiger partial charge in [-0.1, -0.05) is 6.07 Å². The van der Waals surface area contributed by atoms with Crippen molar-refractivity contribution < 1.29 is 9.53 Å². The summed E-state index contributed by atoms with van der Waals surface area (Å²) in [7, 11) is 0. The van der Waals surface area contributed by atoms with Crippen molar-refractivity contribution in [1.82, 2.24) is 5.32 Å². The minimum Gasteiger partial charge on any atom is -0.381 e. The summed E-state index contributed by atoms with van der Waals surface area (Å²) in [5.41, 5.74) is 5.75. The Morgan fingerprint density at radius 3 is 2.88 bits per heavy atom. The van der Waals surface area contributed by atoms with E-state index in [0.29, 0.717) is 13.2 Å². The van der Waals surface area contributed by atoms with Crippen LogP contribution >= 0.6 is 11.3 Å². The minimum absolute atomic E-state index is 0.100. The van der Waals surface area contributed by atoms with Crippen molar-refractivity contribution in [2.75, 3.05) is 13.2 Å². The summed E-state index contributed by atoms with van der Waals surface area (Å²) in [6.45, 7) is 3.45. The molecule has 1 aromatic rings. The number of nitrogens with two attached hydrogens (primary N) is 1. The van der Waals surface area contributed by atoms with Crippen LogP contribution in [0, 0.1) is 0 Å². The van der Waals surface area contributed by atoms with Gasteiger partial charge in [-0.2, -0.15) is 0 Å². The summed E-state index contributed by atoms with van der Waals surface area (Å²) in [5, 5.41) is 4.98. The second-order valence-electron chi connectivity index (χ2n) is 4.66. The fraction of sp³-hybridized carbons (Fsp3) is 0.583. The highest BCUT2D eigenvalue weighted by Crippen LogP contribution is 2.22. The van der Waals surface area contributed by atoms with Crippen LogP contribution in [0.15, 0.2) is 17.5 Å². The van der Waals surface area contributed by atoms with Gasteiger partial charge in [0.25, 0.3) is 0 Å². The molecule has 0 radical (unpaired) electrons. The van der Waals surface area contributed by atoms with Gasteiger partial charge < -0.3 is 15.8 Å². The van der Waals surface area contributed by atoms with Gasteiger partial charge in [0.15, 0.2) is 0 Å². The SMILES string of the molecule is CC1(NC(=O)C(N)c2cccs2)CCOCC1. The summed E-state index contributed by atoms with van der Waals surface area (Å²) in [6, 6.07) is 3.24. The zero-order valence-electron chi connectivity index (χ0n) is 9.94. The van der Waals surface area contributed by atoms with Crippen LogP contribution in [0.3, 0.4) is 0 Å². The van der Waals surface area contributed by atoms with Crippen molar-refractivity contribution in [3.8, 4) is 0 Å². The van der Waals surface area contributed by atoms with E-state index in [1.165, 1.54) is 11.3 Å². The van der Waals surface area contributed by atoms with E-state index in [1.807, 2.05) is 17.5 Å². The third kappa shape index (κ3) is 3.06. The second-order valence-corrected chi connectivity index (χ2v) is 5.63. The van der Waals surface area contributed by atoms with Gasteiger partial charge >= 0.3 is 0 Å². The monoisotopic (exact) mass is 254 g/mol. The third-order valence-corrected chi connectivity index (χ3v) is 4.11. The normalized spacial score (nSPS) is 20.8. The molecule has 4 nitrogen and oxygen atoms in total. The predicted octanol–water partition coefficient (Wildman–Crippen LogP) is 1.43. The lowest BCUT2D eigenvalue weighted by molar-refractivity contribution is -0.125. The highest BCUT2D eigenvalue weighted by Gasteiger charge is 2.31. The molecule has 0 aromatic carbocycles. The fourth-order valence-electron chi connectivity index (χ4n) is 1.92. The molecule has 17 heavy (non-hydrogen) atoms. The van der Waals surface area contributed by atoms with E-state index < -0.39 is 6.04 Å². The first-order valence-electron chi connectivity index (χ1n) is 5.79. The van der Waals surface area contributed by atoms with E-state index in [2.05, 4.69) is 12.2 Å². The third-order valence-electron chi connectivity index (χ3n) is 3.15. The lowest BCUT2D eigenvalue weighted by Gasteiger charge is -2.35. The number of hydrogen-bond acceptors (Lipinski definition) is 4. The lowest BCUT2D eigenvalue weighted by atomic mass is 9.92. The molecule has 2 heterocycles. The van der Waals surface area contributed by atoms with Crippen LogP contribution in [-0.4, -0.2) is 24.7 Å². The number of rotatable bonds is 3. The van der Waals surface area contributed by atoms with Crippen LogP contribution in [0.4, 0.5) is 0 Å². The first kappa shape index (κ1) is 12.5. The molecule has 1 saturated heterocycles. The quantitative estimate of drug-likeness (QED) is 0.857. The van der Waals surface area contributed by atoms with Crippen molar-refractivity contribution in [2.45, 2.75) is 31.3 Å². The molecule has 3 N–H and O–H groups in total. The number of amides is 1. The molecule has 0 aliphatic carbocycles. The summed E-state index contributed by atoms with van der Waals surface area (Å²) < 4.78 is 5.30. The van der Waals surface area contributed by atoms with Gasteiger partial charge in [-0.3, -0.25) is 4.79 Å². The first-order valence-corrected chi connectivity index (χ1v) is 6.67. The molecule has 1 aliphatic rings. The molecule has 2 rings (SSSR count). The Morgan fingerprint density at radius 2 is 2.29 bits per heavy atom. The van der Waals surface area contributed by atoms with Gasteiger partial charge in [-0.25, -0.2) is 0 Å². The van der Waals surface area contributed by atoms with E-state index in [4.69, 9.17) is 10.5 Å². The number of carbonyl (C=O) groups excluding carboxylic acids is 1. The Morgan fingerprint density at radius 1 is 1.59 bits per heavy atom. The highest BCUT2D eigenvalue weighted by atomic mass is 32.1. The molecule has 0 saturated carbocycles. The molecular formula is C12H18N2O2S. The minimum atomic E-state index is -0.560. The van der Waals surface area contributed by atoms with Crippen molar-refractivity contribution in [1.29, 1.82) is 0 Å². The van der Waals surface area contributed by atoms with Gasteiger partial charge in [0, 0.05) is 23.6 Å². The molecule has 5 heteroatoms. The van der Waals surface area contributed by atoms with Gasteiger partial charge in [0.1, 0.15) is 6.04 Å². The van der Waals surface area contributed by atoms with Gasteiger partial charge in [0.2, 0.25) is 5.91 Å². The Bertz CT molecular complexity index is 372. The van der Waals surface area contributed by atoms with Crippen LogP contribution in [-0.2, 0) is 9.53 Å². The van der Waals surface area contributed by atoms with Crippen molar-refractivity contribution in [2.24, 2.45) is 5.73 Å². The molecule has 1 amide bonds. The number of nitrogens with one attached hydrogen (secondary N) is 1. The second kappa shape index (κ2) is 5.16. The zero-order valence-corrected chi connectivity index (χ0v) is 10.8. The zero-order chi connectivity index (χ0) is 12.3. The molecule has 1 aromatic heterocycles. The number of thiophene rings is 1. The van der Waals surface area contributed by atoms with E-state index in [-0.39, 0.29) is 11.4 Å². The van der Waals surface area contributed by atoms with Crippen LogP contribution in [0.1, 0.15) is 30.7 Å². The van der Waals surface area contributed by atoms with E-state index in [1.54, 1.807) is 0 Å². The largest absolute Gasteiger partial charge is 0.381 e. The van der Waals surface area contributed by atoms with Gasteiger partial charge in [-0.05, 0) is 31.2 Å². The maximum absolute atomic E-state index is 12.0. The summed E-state index contributed by atoms with van der Waals surface area (Å²) in [6.07, 6.45) is 1.69. The topological polar surface area (TPSA) is 64.4 Å². The Kier molecular flexibility index (Phi) is 3.81. The molecular weight excluding hydrogens is 236 g/mol. The van der Waals surface area contributed by atoms with Crippen molar-refractivity contribution >= 4 is 17.2 Å². The lowest BCUT2D eigenvalue weighted by Crippen LogP contribution is -2.52. The van der Waals surface area contributed by atoms with Crippen LogP contribution in [0.5, 0.6) is 0 Å². The van der Waals surface area contributed by atoms with Crippen molar-refractivity contribution in [3.63, 3.8) is 0 Å². The van der Waals surface area contributed by atoms with E-state index in [9.17, 15) is 4.79 Å². The molecule has 1 aliphatic heterocycles. The average molecular weight is 254 g/mol. The first-order chi connectivity index (χ1) is 8.11. The smallest absolute Gasteiger partial charge is 0.242 e. The Balaban J connectivity index is 1.96. The molecule has 0 spiro atoms. The molecule has 0 bridgehead atoms. The van der Waals surface area contributed by atoms with Gasteiger partial charge in [-0.15, -0.1) is 11.3 Å². The van der Waals surface area contributed by atoms with Crippen LogP contribution < -0.4 is 11.1 Å². The maximum atomic E-state index is 12.0. The van der Waals surface area contributed by atoms with Gasteiger partial charge in [0.05, 0.1) is 0 Å². The summed E-state index contributed by atoms with van der Waals surface area (Å²) >= 11 is 1.51. The predicted molar refractivity (Wildman–Crippen MR) is 67.8 cm³/mol. The summed E-state index contributed by atoms with van der Waals surface area (Å²) in [5.74, 6) is -0.100. The molecule has 1 atom stereocenters. The maximum Gasteiger partial charge on any atom is 0.242 e. The highest BCUT2D eigenvalue weighted by molar-refractivity contribution is 7.10. The Hall–Kier alpha value is -0.910. The molecule has 1 unspecified atom stereocenters. The van der Waals surface area contributed by atoms with Crippen molar-refractivity contribution in [3.05, 3.63) is 22.4 Å². The fourth-order valence-corrected chi connectivity index (χ4v) is 2.64. The standard InChI is InChI=1S/C12H18N2O2S/c1-12(4-6-16-7-5-12)14-11(15)10(13)9-3-2-8-17-9/h2-3,8,10H,4-7,13H2,1H3,(H,14,15). The van der Waals surface area contributed by atoms with E-state index in [0.717, 1.165) is 17.7 Å². The summed E-state index contributed by atoms with van der Waals surface area (Å²) in [4.78, 5) is 12.9. The average Bonchev–Trinajstić information content (AvgIpc) is 2.81. The van der Waals surface area contributed by atoms with Crippen LogP contribution in [0.2, 0.25) is 0 Å². The van der Waals surface area contributed by atoms with E-state index >= 15 is 0 Å². The number of hydrogen-bond donors (Lipinski definition) is 2. The number of ether oxygens (including phenoxy) is 1.